The molecule has 0 radical (unpaired) electrons. The molecule has 0 amide bonds. The smallest absolute Gasteiger partial charge is 0.0469 e. The van der Waals surface area contributed by atoms with Gasteiger partial charge in [-0.25, -0.2) is 0 Å². The van der Waals surface area contributed by atoms with Crippen LogP contribution < -0.4 is 5.32 Å². The van der Waals surface area contributed by atoms with Gasteiger partial charge in [0.25, 0.3) is 0 Å². The number of nitrogens with one attached hydrogen (secondary N) is 1. The highest BCUT2D eigenvalue weighted by molar-refractivity contribution is 6.17. The van der Waals surface area contributed by atoms with Crippen LogP contribution in [0.2, 0.25) is 0 Å². The van der Waals surface area contributed by atoms with Gasteiger partial charge in [0.2, 0.25) is 0 Å². The lowest BCUT2D eigenvalue weighted by Crippen LogP contribution is -2.34. The highest BCUT2D eigenvalue weighted by atomic mass is 35.5. The van der Waals surface area contributed by atoms with Crippen LogP contribution in [0.25, 0.3) is 0 Å². The highest BCUT2D eigenvalue weighted by Crippen LogP contribution is 2.20. The maximum absolute atomic E-state index is 5.77. The molecule has 1 saturated heterocycles. The van der Waals surface area contributed by atoms with Gasteiger partial charge in [0.05, 0.1) is 0 Å². The van der Waals surface area contributed by atoms with Crippen LogP contribution in [0.15, 0.2) is 0 Å². The molecule has 0 bridgehead atoms. The first-order valence-electron chi connectivity index (χ1n) is 5.98. The van der Waals surface area contributed by atoms with Gasteiger partial charge in [-0.05, 0) is 37.1 Å². The monoisotopic (exact) mass is 233 g/mol. The third-order valence-electron chi connectivity index (χ3n) is 3.15. The van der Waals surface area contributed by atoms with E-state index in [-0.39, 0.29) is 0 Å². The molecule has 0 atom stereocenters. The number of halogens is 1. The summed E-state index contributed by atoms with van der Waals surface area (Å²) in [4.78, 5) is 0. The number of hydrogen-bond acceptors (Lipinski definition) is 2. The van der Waals surface area contributed by atoms with Crippen molar-refractivity contribution in [1.29, 1.82) is 0 Å². The molecule has 1 aliphatic heterocycles. The summed E-state index contributed by atoms with van der Waals surface area (Å²) in [7, 11) is 0. The lowest BCUT2D eigenvalue weighted by molar-refractivity contribution is 0.0655. The fourth-order valence-corrected chi connectivity index (χ4v) is 2.42. The zero-order chi connectivity index (χ0) is 11.1. The maximum Gasteiger partial charge on any atom is 0.0469 e. The summed E-state index contributed by atoms with van der Waals surface area (Å²) in [6, 6.07) is 0. The minimum absolute atomic E-state index is 0.326. The second-order valence-corrected chi connectivity index (χ2v) is 5.67. The summed E-state index contributed by atoms with van der Waals surface area (Å²) in [5.74, 6) is 1.57. The van der Waals surface area contributed by atoms with Crippen molar-refractivity contribution in [1.82, 2.24) is 5.32 Å². The molecule has 1 N–H and O–H groups in total. The molecule has 0 aliphatic carbocycles. The molecule has 1 aliphatic rings. The average Bonchev–Trinajstić information content (AvgIpc) is 2.19. The van der Waals surface area contributed by atoms with Crippen LogP contribution in [0.3, 0.4) is 0 Å². The van der Waals surface area contributed by atoms with Crippen LogP contribution in [0.4, 0.5) is 0 Å². The zero-order valence-corrected chi connectivity index (χ0v) is 10.8. The van der Waals surface area contributed by atoms with Crippen LogP contribution >= 0.6 is 11.6 Å². The Kier molecular flexibility index (Phi) is 5.95. The quantitative estimate of drug-likeness (QED) is 0.713. The van der Waals surface area contributed by atoms with Crippen molar-refractivity contribution in [3.05, 3.63) is 0 Å². The van der Waals surface area contributed by atoms with Gasteiger partial charge in [0.15, 0.2) is 0 Å². The van der Waals surface area contributed by atoms with Crippen molar-refractivity contribution in [3.63, 3.8) is 0 Å². The molecule has 1 rings (SSSR count). The van der Waals surface area contributed by atoms with Crippen molar-refractivity contribution >= 4 is 11.6 Å². The SMILES string of the molecule is CC(C)(CCCl)CNCC1CCOCC1. The van der Waals surface area contributed by atoms with E-state index in [1.54, 1.807) is 0 Å². The lowest BCUT2D eigenvalue weighted by Gasteiger charge is -2.27. The molecule has 0 spiro atoms. The van der Waals surface area contributed by atoms with Gasteiger partial charge in [0, 0.05) is 25.6 Å². The molecule has 0 aromatic heterocycles. The van der Waals surface area contributed by atoms with E-state index in [4.69, 9.17) is 16.3 Å². The van der Waals surface area contributed by atoms with Crippen molar-refractivity contribution in [2.45, 2.75) is 33.1 Å². The second kappa shape index (κ2) is 6.72. The molecule has 0 aromatic rings. The molecular formula is C12H24ClNO. The minimum atomic E-state index is 0.326. The fourth-order valence-electron chi connectivity index (χ4n) is 1.91. The van der Waals surface area contributed by atoms with Gasteiger partial charge in [0.1, 0.15) is 0 Å². The number of rotatable bonds is 6. The minimum Gasteiger partial charge on any atom is -0.381 e. The van der Waals surface area contributed by atoms with Gasteiger partial charge in [-0.3, -0.25) is 0 Å². The lowest BCUT2D eigenvalue weighted by atomic mass is 9.90. The largest absolute Gasteiger partial charge is 0.381 e. The Labute approximate surface area is 98.7 Å². The Morgan fingerprint density at radius 1 is 1.33 bits per heavy atom. The van der Waals surface area contributed by atoms with Crippen molar-refractivity contribution in [2.75, 3.05) is 32.2 Å². The van der Waals surface area contributed by atoms with E-state index in [2.05, 4.69) is 19.2 Å². The van der Waals surface area contributed by atoms with Gasteiger partial charge >= 0.3 is 0 Å². The highest BCUT2D eigenvalue weighted by Gasteiger charge is 2.18. The maximum atomic E-state index is 5.77. The van der Waals surface area contributed by atoms with Gasteiger partial charge in [-0.15, -0.1) is 11.6 Å². The van der Waals surface area contributed by atoms with E-state index in [0.29, 0.717) is 5.41 Å². The first-order chi connectivity index (χ1) is 7.14. The van der Waals surface area contributed by atoms with Crippen LogP contribution in [-0.2, 0) is 4.74 Å². The third kappa shape index (κ3) is 5.74. The normalized spacial score (nSPS) is 19.4. The van der Waals surface area contributed by atoms with Gasteiger partial charge < -0.3 is 10.1 Å². The first-order valence-corrected chi connectivity index (χ1v) is 6.52. The Bertz CT molecular complexity index is 167. The van der Waals surface area contributed by atoms with Crippen molar-refractivity contribution in [3.8, 4) is 0 Å². The molecule has 15 heavy (non-hydrogen) atoms. The number of alkyl halides is 1. The zero-order valence-electron chi connectivity index (χ0n) is 10.0. The summed E-state index contributed by atoms with van der Waals surface area (Å²) >= 11 is 5.77. The Morgan fingerprint density at radius 2 is 2.00 bits per heavy atom. The van der Waals surface area contributed by atoms with E-state index in [9.17, 15) is 0 Å². The Hall–Kier alpha value is 0.210. The van der Waals surface area contributed by atoms with Crippen molar-refractivity contribution < 1.29 is 4.74 Å². The molecule has 1 fully saturated rings. The fraction of sp³-hybridized carbons (Fsp3) is 1.00. The van der Waals surface area contributed by atoms with Crippen molar-refractivity contribution in [2.24, 2.45) is 11.3 Å². The van der Waals surface area contributed by atoms with E-state index in [1.807, 2.05) is 0 Å². The predicted octanol–water partition coefficient (Wildman–Crippen LogP) is 2.66. The molecule has 0 saturated carbocycles. The summed E-state index contributed by atoms with van der Waals surface area (Å²) < 4.78 is 5.34. The third-order valence-corrected chi connectivity index (χ3v) is 3.34. The molecular weight excluding hydrogens is 210 g/mol. The van der Waals surface area contributed by atoms with Crippen LogP contribution in [-0.4, -0.2) is 32.2 Å². The molecule has 0 aromatic carbocycles. The summed E-state index contributed by atoms with van der Waals surface area (Å²) in [5, 5.41) is 3.57. The topological polar surface area (TPSA) is 21.3 Å². The number of hydrogen-bond donors (Lipinski definition) is 1. The molecule has 1 heterocycles. The Balaban J connectivity index is 2.09. The van der Waals surface area contributed by atoms with Crippen LogP contribution in [0.1, 0.15) is 33.1 Å². The van der Waals surface area contributed by atoms with E-state index in [0.717, 1.165) is 44.5 Å². The van der Waals surface area contributed by atoms with Gasteiger partial charge in [-0.1, -0.05) is 13.8 Å². The molecule has 2 nitrogen and oxygen atoms in total. The molecule has 90 valence electrons. The predicted molar refractivity (Wildman–Crippen MR) is 65.5 cm³/mol. The second-order valence-electron chi connectivity index (χ2n) is 5.29. The number of ether oxygens (including phenoxy) is 1. The van der Waals surface area contributed by atoms with Crippen LogP contribution in [0, 0.1) is 11.3 Å². The van der Waals surface area contributed by atoms with E-state index in [1.165, 1.54) is 12.8 Å². The van der Waals surface area contributed by atoms with Crippen LogP contribution in [0.5, 0.6) is 0 Å². The average molecular weight is 234 g/mol. The molecule has 3 heteroatoms. The first kappa shape index (κ1) is 13.3. The summed E-state index contributed by atoms with van der Waals surface area (Å²) in [6.07, 6.45) is 3.50. The Morgan fingerprint density at radius 3 is 2.60 bits per heavy atom. The summed E-state index contributed by atoms with van der Waals surface area (Å²) in [5.41, 5.74) is 0.326. The summed E-state index contributed by atoms with van der Waals surface area (Å²) in [6.45, 7) is 8.62. The van der Waals surface area contributed by atoms with E-state index < -0.39 is 0 Å². The standard InChI is InChI=1S/C12H24ClNO/c1-12(2,5-6-13)10-14-9-11-3-7-15-8-4-11/h11,14H,3-10H2,1-2H3. The molecule has 0 unspecified atom stereocenters. The van der Waals surface area contributed by atoms with Gasteiger partial charge in [-0.2, -0.15) is 0 Å². The van der Waals surface area contributed by atoms with E-state index >= 15 is 0 Å².